The zero-order valence-electron chi connectivity index (χ0n) is 12.4. The quantitative estimate of drug-likeness (QED) is 0.851. The van der Waals surface area contributed by atoms with Gasteiger partial charge in [0.05, 0.1) is 6.04 Å². The van der Waals surface area contributed by atoms with Crippen LogP contribution in [0.15, 0.2) is 42.7 Å². The van der Waals surface area contributed by atoms with Gasteiger partial charge in [-0.15, -0.1) is 0 Å². The van der Waals surface area contributed by atoms with E-state index in [-0.39, 0.29) is 6.04 Å². The number of benzene rings is 1. The van der Waals surface area contributed by atoms with Crippen LogP contribution in [0.25, 0.3) is 0 Å². The summed E-state index contributed by atoms with van der Waals surface area (Å²) >= 11 is 0. The number of H-pyrrole nitrogens is 1. The minimum absolute atomic E-state index is 0.266. The Morgan fingerprint density at radius 1 is 1.33 bits per heavy atom. The molecule has 5 heteroatoms. The molecule has 112 valence electrons. The Hall–Kier alpha value is -2.30. The van der Waals surface area contributed by atoms with E-state index in [4.69, 9.17) is 0 Å². The Kier molecular flexibility index (Phi) is 4.98. The van der Waals surface area contributed by atoms with Crippen LogP contribution in [0.5, 0.6) is 0 Å². The third kappa shape index (κ3) is 4.08. The van der Waals surface area contributed by atoms with Crippen LogP contribution < -0.4 is 0 Å². The minimum Gasteiger partial charge on any atom is -0.465 e. The van der Waals surface area contributed by atoms with Gasteiger partial charge in [-0.25, -0.2) is 9.78 Å². The van der Waals surface area contributed by atoms with Gasteiger partial charge >= 0.3 is 6.09 Å². The molecule has 0 aliphatic rings. The molecule has 2 rings (SSSR count). The molecule has 1 amide bonds. The van der Waals surface area contributed by atoms with E-state index >= 15 is 0 Å². The van der Waals surface area contributed by atoms with Crippen LogP contribution in [0.3, 0.4) is 0 Å². The monoisotopic (exact) mass is 287 g/mol. The number of rotatable bonds is 6. The first-order valence-corrected chi connectivity index (χ1v) is 7.10. The van der Waals surface area contributed by atoms with Crippen LogP contribution in [0.4, 0.5) is 4.79 Å². The Morgan fingerprint density at radius 2 is 2.05 bits per heavy atom. The zero-order valence-corrected chi connectivity index (χ0v) is 12.4. The second kappa shape index (κ2) is 6.92. The number of imidazole rings is 1. The maximum absolute atomic E-state index is 11.7. The molecule has 0 aliphatic carbocycles. The highest BCUT2D eigenvalue weighted by atomic mass is 16.4. The van der Waals surface area contributed by atoms with Crippen molar-refractivity contribution in [1.29, 1.82) is 0 Å². The summed E-state index contributed by atoms with van der Waals surface area (Å²) in [5, 5.41) is 9.60. The van der Waals surface area contributed by atoms with Crippen LogP contribution >= 0.6 is 0 Å². The van der Waals surface area contributed by atoms with Crippen molar-refractivity contribution in [3.63, 3.8) is 0 Å². The normalized spacial score (nSPS) is 12.3. The Morgan fingerprint density at radius 3 is 2.57 bits per heavy atom. The summed E-state index contributed by atoms with van der Waals surface area (Å²) in [6.07, 6.45) is 3.18. The summed E-state index contributed by atoms with van der Waals surface area (Å²) in [7, 11) is 0. The third-order valence-corrected chi connectivity index (χ3v) is 3.35. The predicted octanol–water partition coefficient (Wildman–Crippen LogP) is 3.68. The van der Waals surface area contributed by atoms with Crippen molar-refractivity contribution < 1.29 is 9.90 Å². The molecule has 1 aromatic heterocycles. The third-order valence-electron chi connectivity index (χ3n) is 3.35. The number of hydrogen-bond donors (Lipinski definition) is 2. The molecule has 1 aromatic carbocycles. The summed E-state index contributed by atoms with van der Waals surface area (Å²) in [5.41, 5.74) is 0.972. The smallest absolute Gasteiger partial charge is 0.408 e. The second-order valence-electron chi connectivity index (χ2n) is 5.52. The predicted molar refractivity (Wildman–Crippen MR) is 80.8 cm³/mol. The van der Waals surface area contributed by atoms with Crippen molar-refractivity contribution in [2.45, 2.75) is 32.9 Å². The largest absolute Gasteiger partial charge is 0.465 e. The van der Waals surface area contributed by atoms with Gasteiger partial charge in [0, 0.05) is 18.9 Å². The van der Waals surface area contributed by atoms with E-state index in [0.29, 0.717) is 18.3 Å². The highest BCUT2D eigenvalue weighted by molar-refractivity contribution is 5.65. The van der Waals surface area contributed by atoms with E-state index in [0.717, 1.165) is 12.0 Å². The highest BCUT2D eigenvalue weighted by Crippen LogP contribution is 2.27. The highest BCUT2D eigenvalue weighted by Gasteiger charge is 2.27. The lowest BCUT2D eigenvalue weighted by Gasteiger charge is -2.29. The number of nitrogens with one attached hydrogen (secondary N) is 1. The van der Waals surface area contributed by atoms with Gasteiger partial charge in [-0.2, -0.15) is 0 Å². The first-order valence-electron chi connectivity index (χ1n) is 7.10. The molecule has 0 aliphatic heterocycles. The van der Waals surface area contributed by atoms with Crippen molar-refractivity contribution in [1.82, 2.24) is 14.9 Å². The maximum atomic E-state index is 11.7. The molecule has 0 saturated heterocycles. The van der Waals surface area contributed by atoms with Crippen molar-refractivity contribution in [3.8, 4) is 0 Å². The molecule has 0 saturated carbocycles. The molecule has 0 bridgehead atoms. The number of aromatic nitrogens is 2. The molecule has 5 nitrogen and oxygen atoms in total. The Labute approximate surface area is 124 Å². The standard InChI is InChI=1S/C16H21N3O2/c1-12(2)10-14(15-17-8-9-18-15)19(16(20)21)11-13-6-4-3-5-7-13/h3-9,12,14H,10-11H2,1-2H3,(H,17,18)(H,20,21)/t14-/m1/s1. The molecular formula is C16H21N3O2. The van der Waals surface area contributed by atoms with Gasteiger partial charge in [-0.05, 0) is 17.9 Å². The van der Waals surface area contributed by atoms with Gasteiger partial charge in [0.25, 0.3) is 0 Å². The lowest BCUT2D eigenvalue weighted by Crippen LogP contribution is -2.34. The molecule has 0 spiro atoms. The number of hydrogen-bond acceptors (Lipinski definition) is 2. The molecule has 21 heavy (non-hydrogen) atoms. The zero-order chi connectivity index (χ0) is 15.2. The lowest BCUT2D eigenvalue weighted by atomic mass is 10.0. The van der Waals surface area contributed by atoms with Crippen LogP contribution in [0.2, 0.25) is 0 Å². The summed E-state index contributed by atoms with van der Waals surface area (Å²) in [5.74, 6) is 1.07. The molecule has 0 unspecified atom stereocenters. The van der Waals surface area contributed by atoms with Crippen LogP contribution in [-0.2, 0) is 6.54 Å². The van der Waals surface area contributed by atoms with Gasteiger partial charge in [-0.1, -0.05) is 44.2 Å². The Bertz CT molecular complexity index is 552. The van der Waals surface area contributed by atoms with E-state index in [9.17, 15) is 9.90 Å². The van der Waals surface area contributed by atoms with E-state index in [1.54, 1.807) is 12.4 Å². The summed E-state index contributed by atoms with van der Waals surface area (Å²) in [6.45, 7) is 4.52. The molecular weight excluding hydrogens is 266 g/mol. The minimum atomic E-state index is -0.930. The van der Waals surface area contributed by atoms with E-state index < -0.39 is 6.09 Å². The number of aromatic amines is 1. The van der Waals surface area contributed by atoms with E-state index in [2.05, 4.69) is 23.8 Å². The summed E-state index contributed by atoms with van der Waals surface area (Å²) in [6, 6.07) is 9.36. The van der Waals surface area contributed by atoms with Crippen LogP contribution in [0, 0.1) is 5.92 Å². The second-order valence-corrected chi connectivity index (χ2v) is 5.52. The van der Waals surface area contributed by atoms with Gasteiger partial charge in [0.2, 0.25) is 0 Å². The molecule has 2 aromatic rings. The average Bonchev–Trinajstić information content (AvgIpc) is 2.97. The molecule has 2 N–H and O–H groups in total. The molecule has 1 heterocycles. The first-order chi connectivity index (χ1) is 10.1. The maximum Gasteiger partial charge on any atom is 0.408 e. The van der Waals surface area contributed by atoms with Gasteiger partial charge in [0.1, 0.15) is 5.82 Å². The fourth-order valence-corrected chi connectivity index (χ4v) is 2.38. The number of carboxylic acid groups (broad SMARTS) is 1. The lowest BCUT2D eigenvalue weighted by molar-refractivity contribution is 0.110. The number of nitrogens with zero attached hydrogens (tertiary/aromatic N) is 2. The molecule has 1 atom stereocenters. The van der Waals surface area contributed by atoms with Crippen molar-refractivity contribution in [2.75, 3.05) is 0 Å². The Balaban J connectivity index is 2.26. The number of carbonyl (C=O) groups is 1. The topological polar surface area (TPSA) is 69.2 Å². The molecule has 0 fully saturated rings. The first kappa shape index (κ1) is 15.1. The van der Waals surface area contributed by atoms with E-state index in [1.165, 1.54) is 4.90 Å². The average molecular weight is 287 g/mol. The number of amides is 1. The van der Waals surface area contributed by atoms with Crippen LogP contribution in [0.1, 0.15) is 37.7 Å². The summed E-state index contributed by atoms with van der Waals surface area (Å²) < 4.78 is 0. The fourth-order valence-electron chi connectivity index (χ4n) is 2.38. The van der Waals surface area contributed by atoms with Crippen LogP contribution in [-0.4, -0.2) is 26.1 Å². The van der Waals surface area contributed by atoms with Crippen molar-refractivity contribution in [2.24, 2.45) is 5.92 Å². The SMILES string of the molecule is CC(C)C[C@H](c1ncc[nH]1)N(Cc1ccccc1)C(=O)O. The summed E-state index contributed by atoms with van der Waals surface area (Å²) in [4.78, 5) is 20.5. The van der Waals surface area contributed by atoms with Gasteiger partial charge < -0.3 is 10.1 Å². The van der Waals surface area contributed by atoms with Gasteiger partial charge in [0.15, 0.2) is 0 Å². The van der Waals surface area contributed by atoms with Crippen molar-refractivity contribution in [3.05, 3.63) is 54.1 Å². The molecule has 0 radical (unpaired) electrons. The fraction of sp³-hybridized carbons (Fsp3) is 0.375. The van der Waals surface area contributed by atoms with Crippen molar-refractivity contribution >= 4 is 6.09 Å². The van der Waals surface area contributed by atoms with E-state index in [1.807, 2.05) is 30.3 Å². The van der Waals surface area contributed by atoms with Gasteiger partial charge in [-0.3, -0.25) is 4.90 Å².